The van der Waals surface area contributed by atoms with Crippen LogP contribution in [0, 0.1) is 0 Å². The third-order valence-electron chi connectivity index (χ3n) is 2.56. The summed E-state index contributed by atoms with van der Waals surface area (Å²) in [6.07, 6.45) is 1.74. The average Bonchev–Trinajstić information content (AvgIpc) is 2.71. The number of hydrogen-bond acceptors (Lipinski definition) is 4. The number of halogens is 2. The highest BCUT2D eigenvalue weighted by molar-refractivity contribution is 7.20. The number of pyridine rings is 1. The number of anilines is 1. The van der Waals surface area contributed by atoms with Crippen LogP contribution in [0.1, 0.15) is 25.5 Å². The van der Waals surface area contributed by atoms with Crippen LogP contribution in [0.15, 0.2) is 24.4 Å². The topological polar surface area (TPSA) is 34.1 Å². The van der Waals surface area contributed by atoms with Gasteiger partial charge in [0.15, 0.2) is 0 Å². The van der Waals surface area contributed by atoms with Crippen molar-refractivity contribution in [2.45, 2.75) is 19.9 Å². The molecule has 1 atom stereocenters. The van der Waals surface area contributed by atoms with Crippen LogP contribution in [0.2, 0.25) is 8.67 Å². The molecule has 6 heteroatoms. The fraction of sp³-hybridized carbons (Fsp3) is 0.308. The van der Waals surface area contributed by atoms with Gasteiger partial charge in [0, 0.05) is 11.6 Å². The summed E-state index contributed by atoms with van der Waals surface area (Å²) in [6.45, 7) is 4.57. The number of hydrogen-bond donors (Lipinski definition) is 1. The molecule has 2 rings (SSSR count). The van der Waals surface area contributed by atoms with E-state index in [0.29, 0.717) is 21.2 Å². The normalized spacial score (nSPS) is 12.2. The van der Waals surface area contributed by atoms with E-state index in [1.54, 1.807) is 6.20 Å². The summed E-state index contributed by atoms with van der Waals surface area (Å²) >= 11 is 13.4. The van der Waals surface area contributed by atoms with Gasteiger partial charge in [-0.3, -0.25) is 0 Å². The zero-order valence-electron chi connectivity index (χ0n) is 10.6. The number of rotatable bonds is 5. The van der Waals surface area contributed by atoms with Gasteiger partial charge in [-0.15, -0.1) is 11.3 Å². The summed E-state index contributed by atoms with van der Waals surface area (Å²) in [6, 6.07) is 5.71. The second-order valence-corrected chi connectivity index (χ2v) is 6.25. The molecule has 0 saturated carbocycles. The third-order valence-corrected chi connectivity index (χ3v) is 4.08. The Balaban J connectivity index is 2.06. The predicted molar refractivity (Wildman–Crippen MR) is 81.8 cm³/mol. The minimum Gasteiger partial charge on any atom is -0.478 e. The van der Waals surface area contributed by atoms with Gasteiger partial charge in [-0.25, -0.2) is 4.98 Å². The van der Waals surface area contributed by atoms with Crippen LogP contribution >= 0.6 is 34.5 Å². The molecule has 0 fully saturated rings. The summed E-state index contributed by atoms with van der Waals surface area (Å²) in [7, 11) is 0. The molecule has 0 aliphatic rings. The number of ether oxygens (including phenoxy) is 1. The standard InChI is InChI=1S/C13H14Cl2N2OS/c1-3-18-12-5-4-9(7-16-12)17-8(2)10-6-11(14)19-13(10)15/h4-8,17H,3H2,1-2H3. The van der Waals surface area contributed by atoms with E-state index < -0.39 is 0 Å². The molecule has 2 aromatic heterocycles. The summed E-state index contributed by atoms with van der Waals surface area (Å²) in [5, 5.41) is 3.33. The van der Waals surface area contributed by atoms with Gasteiger partial charge in [-0.1, -0.05) is 23.2 Å². The van der Waals surface area contributed by atoms with Crippen LogP contribution in [0.5, 0.6) is 5.88 Å². The molecule has 102 valence electrons. The lowest BCUT2D eigenvalue weighted by Crippen LogP contribution is -2.06. The third kappa shape index (κ3) is 3.75. The van der Waals surface area contributed by atoms with Gasteiger partial charge in [0.2, 0.25) is 5.88 Å². The minimum atomic E-state index is 0.0657. The first-order chi connectivity index (χ1) is 9.10. The Labute approximate surface area is 126 Å². The van der Waals surface area contributed by atoms with Gasteiger partial charge in [0.25, 0.3) is 0 Å². The minimum absolute atomic E-state index is 0.0657. The molecule has 1 unspecified atom stereocenters. The maximum Gasteiger partial charge on any atom is 0.213 e. The fourth-order valence-electron chi connectivity index (χ4n) is 1.67. The largest absolute Gasteiger partial charge is 0.478 e. The molecule has 0 aliphatic heterocycles. The van der Waals surface area contributed by atoms with Crippen LogP contribution in [0.4, 0.5) is 5.69 Å². The van der Waals surface area contributed by atoms with Crippen molar-refractivity contribution in [3.63, 3.8) is 0 Å². The van der Waals surface area contributed by atoms with Crippen molar-refractivity contribution >= 4 is 40.2 Å². The second-order valence-electron chi connectivity index (χ2n) is 3.96. The van der Waals surface area contributed by atoms with Gasteiger partial charge in [0.05, 0.1) is 33.2 Å². The van der Waals surface area contributed by atoms with E-state index in [1.807, 2.05) is 32.0 Å². The Morgan fingerprint density at radius 3 is 2.74 bits per heavy atom. The van der Waals surface area contributed by atoms with Crippen molar-refractivity contribution in [3.05, 3.63) is 38.6 Å². The summed E-state index contributed by atoms with van der Waals surface area (Å²) < 4.78 is 6.70. The van der Waals surface area contributed by atoms with E-state index in [0.717, 1.165) is 11.3 Å². The highest BCUT2D eigenvalue weighted by atomic mass is 35.5. The number of nitrogens with zero attached hydrogens (tertiary/aromatic N) is 1. The zero-order chi connectivity index (χ0) is 13.8. The van der Waals surface area contributed by atoms with Crippen LogP contribution in [-0.4, -0.2) is 11.6 Å². The molecule has 0 saturated heterocycles. The van der Waals surface area contributed by atoms with Crippen molar-refractivity contribution < 1.29 is 4.74 Å². The zero-order valence-corrected chi connectivity index (χ0v) is 12.9. The van der Waals surface area contributed by atoms with Gasteiger partial charge in [0.1, 0.15) is 0 Å². The number of thiophene rings is 1. The monoisotopic (exact) mass is 316 g/mol. The first-order valence-corrected chi connectivity index (χ1v) is 7.47. The van der Waals surface area contributed by atoms with Gasteiger partial charge >= 0.3 is 0 Å². The molecule has 2 heterocycles. The van der Waals surface area contributed by atoms with Crippen LogP contribution in [0.3, 0.4) is 0 Å². The lowest BCUT2D eigenvalue weighted by atomic mass is 10.2. The second kappa shape index (κ2) is 6.46. The van der Waals surface area contributed by atoms with Crippen molar-refractivity contribution in [1.29, 1.82) is 0 Å². The SMILES string of the molecule is CCOc1ccc(NC(C)c2cc(Cl)sc2Cl)cn1. The summed E-state index contributed by atoms with van der Waals surface area (Å²) in [5.41, 5.74) is 1.90. The van der Waals surface area contributed by atoms with Crippen molar-refractivity contribution in [3.8, 4) is 5.88 Å². The average molecular weight is 317 g/mol. The van der Waals surface area contributed by atoms with E-state index in [1.165, 1.54) is 11.3 Å². The predicted octanol–water partition coefficient (Wildman–Crippen LogP) is 5.02. The highest BCUT2D eigenvalue weighted by Gasteiger charge is 2.13. The smallest absolute Gasteiger partial charge is 0.213 e. The van der Waals surface area contributed by atoms with E-state index in [2.05, 4.69) is 10.3 Å². The summed E-state index contributed by atoms with van der Waals surface area (Å²) in [5.74, 6) is 0.623. The first kappa shape index (κ1) is 14.4. The fourth-order valence-corrected chi connectivity index (χ4v) is 3.32. The Bertz CT molecular complexity index is 542. The van der Waals surface area contributed by atoms with Crippen LogP contribution < -0.4 is 10.1 Å². The highest BCUT2D eigenvalue weighted by Crippen LogP contribution is 2.36. The lowest BCUT2D eigenvalue weighted by Gasteiger charge is -2.14. The van der Waals surface area contributed by atoms with E-state index in [-0.39, 0.29) is 6.04 Å². The molecule has 0 aromatic carbocycles. The van der Waals surface area contributed by atoms with Gasteiger partial charge < -0.3 is 10.1 Å². The molecule has 0 spiro atoms. The molecule has 0 bridgehead atoms. The van der Waals surface area contributed by atoms with Crippen molar-refractivity contribution in [2.24, 2.45) is 0 Å². The maximum absolute atomic E-state index is 6.13. The maximum atomic E-state index is 6.13. The Kier molecular flexibility index (Phi) is 4.91. The molecule has 19 heavy (non-hydrogen) atoms. The Morgan fingerprint density at radius 1 is 1.42 bits per heavy atom. The molecule has 3 nitrogen and oxygen atoms in total. The van der Waals surface area contributed by atoms with Crippen LogP contribution in [0.25, 0.3) is 0 Å². The molecule has 0 amide bonds. The van der Waals surface area contributed by atoms with Gasteiger partial charge in [-0.2, -0.15) is 0 Å². The van der Waals surface area contributed by atoms with E-state index in [9.17, 15) is 0 Å². The van der Waals surface area contributed by atoms with Gasteiger partial charge in [-0.05, 0) is 26.0 Å². The Morgan fingerprint density at radius 2 is 2.21 bits per heavy atom. The Hall–Kier alpha value is -0.970. The quantitative estimate of drug-likeness (QED) is 0.840. The molecular weight excluding hydrogens is 303 g/mol. The number of aromatic nitrogens is 1. The molecular formula is C13H14Cl2N2OS. The first-order valence-electron chi connectivity index (χ1n) is 5.90. The molecule has 2 aromatic rings. The lowest BCUT2D eigenvalue weighted by molar-refractivity contribution is 0.327. The molecule has 0 radical (unpaired) electrons. The van der Waals surface area contributed by atoms with Crippen molar-refractivity contribution in [1.82, 2.24) is 4.98 Å². The van der Waals surface area contributed by atoms with Crippen molar-refractivity contribution in [2.75, 3.05) is 11.9 Å². The van der Waals surface area contributed by atoms with E-state index >= 15 is 0 Å². The molecule has 1 N–H and O–H groups in total. The summed E-state index contributed by atoms with van der Waals surface area (Å²) in [4.78, 5) is 4.20. The van der Waals surface area contributed by atoms with Crippen LogP contribution in [-0.2, 0) is 0 Å². The van der Waals surface area contributed by atoms with E-state index in [4.69, 9.17) is 27.9 Å². The number of nitrogens with one attached hydrogen (secondary N) is 1. The molecule has 0 aliphatic carbocycles.